The molecule has 0 aromatic rings. The third-order valence-corrected chi connectivity index (χ3v) is 3.35. The maximum atomic E-state index is 11.2. The lowest BCUT2D eigenvalue weighted by atomic mass is 10.2. The van der Waals surface area contributed by atoms with Crippen molar-refractivity contribution in [2.24, 2.45) is 0 Å². The Balaban J connectivity index is 2.36. The maximum Gasteiger partial charge on any atom is 0.307 e. The maximum absolute atomic E-state index is 11.2. The van der Waals surface area contributed by atoms with Crippen molar-refractivity contribution in [3.05, 3.63) is 0 Å². The number of aliphatic hydroxyl groups excluding tert-OH is 1. The van der Waals surface area contributed by atoms with Gasteiger partial charge in [0.05, 0.1) is 20.1 Å². The standard InChI is InChI=1S/C12H24N2O3/c1-11(10-12(16)17-2)14-5-3-4-13(6-7-14)8-9-15/h11,15H,3-10H2,1-2H3. The smallest absolute Gasteiger partial charge is 0.307 e. The third kappa shape index (κ3) is 5.02. The van der Waals surface area contributed by atoms with E-state index in [4.69, 9.17) is 9.84 Å². The Morgan fingerprint density at radius 3 is 2.76 bits per heavy atom. The van der Waals surface area contributed by atoms with Gasteiger partial charge in [-0.15, -0.1) is 0 Å². The van der Waals surface area contributed by atoms with Gasteiger partial charge in [0.2, 0.25) is 0 Å². The molecule has 0 amide bonds. The van der Waals surface area contributed by atoms with Gasteiger partial charge in [-0.25, -0.2) is 0 Å². The van der Waals surface area contributed by atoms with Crippen LogP contribution in [0.25, 0.3) is 0 Å². The molecule has 100 valence electrons. The summed E-state index contributed by atoms with van der Waals surface area (Å²) in [6, 6.07) is 0.233. The van der Waals surface area contributed by atoms with Crippen molar-refractivity contribution < 1.29 is 14.6 Å². The summed E-state index contributed by atoms with van der Waals surface area (Å²) in [4.78, 5) is 15.8. The van der Waals surface area contributed by atoms with E-state index in [9.17, 15) is 4.79 Å². The minimum atomic E-state index is -0.144. The number of methoxy groups -OCH3 is 1. The second-order valence-corrected chi connectivity index (χ2v) is 4.58. The summed E-state index contributed by atoms with van der Waals surface area (Å²) in [6.07, 6.45) is 1.54. The molecule has 1 N–H and O–H groups in total. The Morgan fingerprint density at radius 1 is 1.35 bits per heavy atom. The molecule has 0 saturated carbocycles. The second kappa shape index (κ2) is 7.63. The molecule has 5 nitrogen and oxygen atoms in total. The molecule has 1 aliphatic rings. The molecule has 0 aromatic carbocycles. The first-order chi connectivity index (χ1) is 8.17. The van der Waals surface area contributed by atoms with E-state index in [1.54, 1.807) is 0 Å². The molecule has 17 heavy (non-hydrogen) atoms. The zero-order valence-corrected chi connectivity index (χ0v) is 10.9. The third-order valence-electron chi connectivity index (χ3n) is 3.35. The van der Waals surface area contributed by atoms with Crippen LogP contribution >= 0.6 is 0 Å². The number of ether oxygens (including phenoxy) is 1. The summed E-state index contributed by atoms with van der Waals surface area (Å²) < 4.78 is 4.69. The van der Waals surface area contributed by atoms with E-state index in [1.165, 1.54) is 7.11 Å². The van der Waals surface area contributed by atoms with E-state index < -0.39 is 0 Å². The molecular formula is C12H24N2O3. The van der Waals surface area contributed by atoms with E-state index in [2.05, 4.69) is 16.7 Å². The molecule has 1 heterocycles. The van der Waals surface area contributed by atoms with Gasteiger partial charge < -0.3 is 9.84 Å². The quantitative estimate of drug-likeness (QED) is 0.687. The summed E-state index contributed by atoms with van der Waals surface area (Å²) in [6.45, 7) is 7.00. The van der Waals surface area contributed by atoms with Crippen LogP contribution < -0.4 is 0 Å². The van der Waals surface area contributed by atoms with Crippen LogP contribution in [0.2, 0.25) is 0 Å². The Labute approximate surface area is 103 Å². The minimum absolute atomic E-state index is 0.144. The van der Waals surface area contributed by atoms with Gasteiger partial charge in [0.15, 0.2) is 0 Å². The molecule has 0 spiro atoms. The van der Waals surface area contributed by atoms with E-state index in [1.807, 2.05) is 0 Å². The first-order valence-corrected chi connectivity index (χ1v) is 6.31. The fourth-order valence-electron chi connectivity index (χ4n) is 2.25. The van der Waals surface area contributed by atoms with Crippen molar-refractivity contribution >= 4 is 5.97 Å². The largest absolute Gasteiger partial charge is 0.469 e. The van der Waals surface area contributed by atoms with Crippen LogP contribution in [0.15, 0.2) is 0 Å². The van der Waals surface area contributed by atoms with E-state index in [-0.39, 0.29) is 18.6 Å². The molecular weight excluding hydrogens is 220 g/mol. The lowest BCUT2D eigenvalue weighted by molar-refractivity contribution is -0.141. The average molecular weight is 244 g/mol. The number of nitrogens with zero attached hydrogens (tertiary/aromatic N) is 2. The lowest BCUT2D eigenvalue weighted by Gasteiger charge is -2.27. The molecule has 1 rings (SSSR count). The molecule has 0 radical (unpaired) electrons. The molecule has 1 unspecified atom stereocenters. The highest BCUT2D eigenvalue weighted by molar-refractivity contribution is 5.69. The van der Waals surface area contributed by atoms with Gasteiger partial charge in [0.25, 0.3) is 0 Å². The Bertz CT molecular complexity index is 236. The molecule has 0 bridgehead atoms. The number of carbonyl (C=O) groups excluding carboxylic acids is 1. The van der Waals surface area contributed by atoms with Crippen molar-refractivity contribution in [3.63, 3.8) is 0 Å². The Hall–Kier alpha value is -0.650. The summed E-state index contributed by atoms with van der Waals surface area (Å²) in [5.41, 5.74) is 0. The van der Waals surface area contributed by atoms with Gasteiger partial charge in [-0.3, -0.25) is 14.6 Å². The normalized spacial score (nSPS) is 20.9. The second-order valence-electron chi connectivity index (χ2n) is 4.58. The highest BCUT2D eigenvalue weighted by Crippen LogP contribution is 2.10. The highest BCUT2D eigenvalue weighted by atomic mass is 16.5. The van der Waals surface area contributed by atoms with Crippen molar-refractivity contribution in [3.8, 4) is 0 Å². The first-order valence-electron chi connectivity index (χ1n) is 6.31. The minimum Gasteiger partial charge on any atom is -0.469 e. The highest BCUT2D eigenvalue weighted by Gasteiger charge is 2.20. The topological polar surface area (TPSA) is 53.0 Å². The van der Waals surface area contributed by atoms with Crippen molar-refractivity contribution in [1.82, 2.24) is 9.80 Å². The van der Waals surface area contributed by atoms with Crippen molar-refractivity contribution in [2.75, 3.05) is 46.4 Å². The molecule has 0 aromatic heterocycles. The number of esters is 1. The van der Waals surface area contributed by atoms with Gasteiger partial charge in [0.1, 0.15) is 0 Å². The van der Waals surface area contributed by atoms with E-state index >= 15 is 0 Å². The van der Waals surface area contributed by atoms with Crippen LogP contribution in [0.1, 0.15) is 19.8 Å². The van der Waals surface area contributed by atoms with Crippen molar-refractivity contribution in [1.29, 1.82) is 0 Å². The number of hydrogen-bond donors (Lipinski definition) is 1. The lowest BCUT2D eigenvalue weighted by Crippen LogP contribution is -2.38. The molecule has 1 saturated heterocycles. The summed E-state index contributed by atoms with van der Waals surface area (Å²) in [5.74, 6) is -0.144. The fraction of sp³-hybridized carbons (Fsp3) is 0.917. The Morgan fingerprint density at radius 2 is 2.12 bits per heavy atom. The molecule has 0 aliphatic carbocycles. The number of rotatable bonds is 5. The van der Waals surface area contributed by atoms with Crippen LogP contribution in [0.5, 0.6) is 0 Å². The van der Waals surface area contributed by atoms with Crippen molar-refractivity contribution in [2.45, 2.75) is 25.8 Å². The summed E-state index contributed by atoms with van der Waals surface area (Å²) in [5, 5.41) is 8.92. The van der Waals surface area contributed by atoms with Gasteiger partial charge >= 0.3 is 5.97 Å². The van der Waals surface area contributed by atoms with Gasteiger partial charge in [-0.1, -0.05) is 0 Å². The zero-order chi connectivity index (χ0) is 12.7. The van der Waals surface area contributed by atoms with Crippen LogP contribution in [-0.4, -0.2) is 73.4 Å². The predicted molar refractivity (Wildman–Crippen MR) is 65.8 cm³/mol. The predicted octanol–water partition coefficient (Wildman–Crippen LogP) is -0.0620. The fourth-order valence-corrected chi connectivity index (χ4v) is 2.25. The average Bonchev–Trinajstić information content (AvgIpc) is 2.55. The molecule has 1 atom stereocenters. The number of β-amino-alcohol motifs (C(OH)–C–C–N with tert-alkyl or cyclic N) is 1. The monoisotopic (exact) mass is 244 g/mol. The Kier molecular flexibility index (Phi) is 6.47. The van der Waals surface area contributed by atoms with Crippen LogP contribution in [-0.2, 0) is 9.53 Å². The van der Waals surface area contributed by atoms with Crippen LogP contribution in [0.3, 0.4) is 0 Å². The van der Waals surface area contributed by atoms with E-state index in [0.29, 0.717) is 6.42 Å². The molecule has 1 fully saturated rings. The first kappa shape index (κ1) is 14.4. The summed E-state index contributed by atoms with van der Waals surface area (Å²) >= 11 is 0. The van der Waals surface area contributed by atoms with E-state index in [0.717, 1.165) is 39.1 Å². The van der Waals surface area contributed by atoms with Crippen LogP contribution in [0.4, 0.5) is 0 Å². The number of carbonyl (C=O) groups is 1. The zero-order valence-electron chi connectivity index (χ0n) is 10.9. The molecule has 1 aliphatic heterocycles. The molecule has 5 heteroatoms. The van der Waals surface area contributed by atoms with Gasteiger partial charge in [-0.05, 0) is 26.4 Å². The van der Waals surface area contributed by atoms with Gasteiger partial charge in [-0.2, -0.15) is 0 Å². The number of aliphatic hydroxyl groups is 1. The summed E-state index contributed by atoms with van der Waals surface area (Å²) in [7, 11) is 1.43. The SMILES string of the molecule is COC(=O)CC(C)N1CCCN(CCO)CC1. The van der Waals surface area contributed by atoms with Crippen LogP contribution in [0, 0.1) is 0 Å². The number of hydrogen-bond acceptors (Lipinski definition) is 5. The van der Waals surface area contributed by atoms with Gasteiger partial charge in [0, 0.05) is 25.7 Å².